The first-order valence-corrected chi connectivity index (χ1v) is 5.82. The minimum Gasteiger partial charge on any atom is -0.379 e. The molecule has 0 aliphatic rings. The fourth-order valence-corrected chi connectivity index (χ4v) is 1.53. The Morgan fingerprint density at radius 3 is 2.74 bits per heavy atom. The third-order valence-electron chi connectivity index (χ3n) is 2.51. The first-order chi connectivity index (χ1) is 8.97. The van der Waals surface area contributed by atoms with Gasteiger partial charge in [0.05, 0.1) is 4.92 Å². The van der Waals surface area contributed by atoms with Gasteiger partial charge in [-0.1, -0.05) is 6.08 Å². The second-order valence-electron chi connectivity index (χ2n) is 4.19. The summed E-state index contributed by atoms with van der Waals surface area (Å²) in [5, 5.41) is 14.0. The van der Waals surface area contributed by atoms with Gasteiger partial charge in [0.25, 0.3) is 11.6 Å². The minimum atomic E-state index is -0.497. The van der Waals surface area contributed by atoms with E-state index in [2.05, 4.69) is 11.9 Å². The fourth-order valence-electron chi connectivity index (χ4n) is 1.53. The van der Waals surface area contributed by atoms with Crippen LogP contribution in [0.4, 0.5) is 11.4 Å². The number of nitro groups is 1. The summed E-state index contributed by atoms with van der Waals surface area (Å²) in [5.41, 5.74) is 0.602. The summed E-state index contributed by atoms with van der Waals surface area (Å²) in [5.74, 6) is -0.263. The number of nitrogens with zero attached hydrogens (tertiary/aromatic N) is 2. The quantitative estimate of drug-likeness (QED) is 0.370. The monoisotopic (exact) mass is 263 g/mol. The molecule has 6 heteroatoms. The van der Waals surface area contributed by atoms with E-state index in [0.717, 1.165) is 0 Å². The van der Waals surface area contributed by atoms with Gasteiger partial charge in [0.15, 0.2) is 0 Å². The highest BCUT2D eigenvalue weighted by atomic mass is 16.6. The van der Waals surface area contributed by atoms with Crippen LogP contribution in [0.1, 0.15) is 16.8 Å². The van der Waals surface area contributed by atoms with Crippen molar-refractivity contribution in [3.05, 3.63) is 46.5 Å². The van der Waals surface area contributed by atoms with Gasteiger partial charge in [-0.25, -0.2) is 0 Å². The number of carbonyl (C=O) groups excluding carboxylic acids is 1. The van der Waals surface area contributed by atoms with Crippen LogP contribution in [0.5, 0.6) is 0 Å². The second-order valence-corrected chi connectivity index (χ2v) is 4.19. The molecular formula is C13H17N3O3. The van der Waals surface area contributed by atoms with E-state index in [0.29, 0.717) is 24.2 Å². The molecule has 1 N–H and O–H groups in total. The van der Waals surface area contributed by atoms with Gasteiger partial charge in [-0.2, -0.15) is 0 Å². The zero-order chi connectivity index (χ0) is 14.4. The SMILES string of the molecule is C=CCCNc1ccc(C(=O)N(C)C)cc1[N+](=O)[O-]. The van der Waals surface area contributed by atoms with E-state index in [4.69, 9.17) is 0 Å². The number of nitro benzene ring substituents is 1. The zero-order valence-corrected chi connectivity index (χ0v) is 11.0. The number of anilines is 1. The van der Waals surface area contributed by atoms with E-state index in [1.54, 1.807) is 32.3 Å². The van der Waals surface area contributed by atoms with Gasteiger partial charge in [0, 0.05) is 32.3 Å². The molecule has 0 atom stereocenters. The van der Waals surface area contributed by atoms with Crippen LogP contribution in [-0.4, -0.2) is 36.4 Å². The van der Waals surface area contributed by atoms with Crippen molar-refractivity contribution < 1.29 is 9.72 Å². The topological polar surface area (TPSA) is 75.5 Å². The molecule has 0 aromatic heterocycles. The van der Waals surface area contributed by atoms with Crippen LogP contribution in [0.3, 0.4) is 0 Å². The van der Waals surface area contributed by atoms with Gasteiger partial charge in [0.2, 0.25) is 0 Å². The smallest absolute Gasteiger partial charge is 0.293 e. The molecule has 0 heterocycles. The standard InChI is InChI=1S/C13H17N3O3/c1-4-5-8-14-11-7-6-10(13(17)15(2)3)9-12(11)16(18)19/h4,6-7,9,14H,1,5,8H2,2-3H3. The Morgan fingerprint density at radius 1 is 1.53 bits per heavy atom. The zero-order valence-electron chi connectivity index (χ0n) is 11.0. The van der Waals surface area contributed by atoms with Gasteiger partial charge in [-0.05, 0) is 18.6 Å². The molecule has 1 rings (SSSR count). The van der Waals surface area contributed by atoms with Gasteiger partial charge in [-0.15, -0.1) is 6.58 Å². The Bertz CT molecular complexity index is 498. The average molecular weight is 263 g/mol. The van der Waals surface area contributed by atoms with Crippen LogP contribution >= 0.6 is 0 Å². The van der Waals surface area contributed by atoms with E-state index < -0.39 is 4.92 Å². The Labute approximate surface area is 111 Å². The predicted octanol–water partition coefficient (Wildman–Crippen LogP) is 2.28. The summed E-state index contributed by atoms with van der Waals surface area (Å²) in [7, 11) is 3.20. The van der Waals surface area contributed by atoms with Crippen molar-refractivity contribution >= 4 is 17.3 Å². The molecule has 0 bridgehead atoms. The molecule has 0 radical (unpaired) electrons. The molecule has 1 aromatic rings. The molecule has 1 aromatic carbocycles. The van der Waals surface area contributed by atoms with E-state index in [1.807, 2.05) is 0 Å². The average Bonchev–Trinajstić information content (AvgIpc) is 2.38. The van der Waals surface area contributed by atoms with Gasteiger partial charge in [0.1, 0.15) is 5.69 Å². The van der Waals surface area contributed by atoms with Crippen molar-refractivity contribution in [2.75, 3.05) is 26.0 Å². The third kappa shape index (κ3) is 3.80. The highest BCUT2D eigenvalue weighted by Gasteiger charge is 2.18. The Hall–Kier alpha value is -2.37. The number of carbonyl (C=O) groups is 1. The molecule has 0 unspecified atom stereocenters. The molecule has 0 aliphatic heterocycles. The molecule has 0 saturated carbocycles. The van der Waals surface area contributed by atoms with Crippen LogP contribution in [0.2, 0.25) is 0 Å². The van der Waals surface area contributed by atoms with Crippen molar-refractivity contribution in [1.29, 1.82) is 0 Å². The molecule has 0 spiro atoms. The predicted molar refractivity (Wildman–Crippen MR) is 74.4 cm³/mol. The van der Waals surface area contributed by atoms with Crippen molar-refractivity contribution in [3.63, 3.8) is 0 Å². The molecule has 6 nitrogen and oxygen atoms in total. The van der Waals surface area contributed by atoms with Crippen molar-refractivity contribution in [1.82, 2.24) is 4.90 Å². The van der Waals surface area contributed by atoms with E-state index in [-0.39, 0.29) is 11.6 Å². The normalized spacial score (nSPS) is 9.79. The lowest BCUT2D eigenvalue weighted by atomic mass is 10.1. The number of hydrogen-bond donors (Lipinski definition) is 1. The van der Waals surface area contributed by atoms with Crippen LogP contribution in [0, 0.1) is 10.1 Å². The molecule has 1 amide bonds. The van der Waals surface area contributed by atoms with Crippen LogP contribution in [-0.2, 0) is 0 Å². The molecular weight excluding hydrogens is 246 g/mol. The molecule has 0 saturated heterocycles. The number of rotatable bonds is 6. The first-order valence-electron chi connectivity index (χ1n) is 5.82. The van der Waals surface area contributed by atoms with Crippen LogP contribution in [0.15, 0.2) is 30.9 Å². The maximum atomic E-state index is 11.8. The summed E-state index contributed by atoms with van der Waals surface area (Å²) in [6, 6.07) is 4.42. The van der Waals surface area contributed by atoms with Gasteiger partial charge >= 0.3 is 0 Å². The minimum absolute atomic E-state index is 0.100. The second kappa shape index (κ2) is 6.53. The van der Waals surface area contributed by atoms with E-state index in [1.165, 1.54) is 11.0 Å². The number of nitrogens with one attached hydrogen (secondary N) is 1. The Morgan fingerprint density at radius 2 is 2.21 bits per heavy atom. The van der Waals surface area contributed by atoms with Crippen LogP contribution < -0.4 is 5.32 Å². The summed E-state index contributed by atoms with van der Waals surface area (Å²) < 4.78 is 0. The van der Waals surface area contributed by atoms with Crippen LogP contribution in [0.25, 0.3) is 0 Å². The molecule has 19 heavy (non-hydrogen) atoms. The summed E-state index contributed by atoms with van der Waals surface area (Å²) in [4.78, 5) is 23.7. The van der Waals surface area contributed by atoms with Crippen molar-refractivity contribution in [2.45, 2.75) is 6.42 Å². The highest BCUT2D eigenvalue weighted by Crippen LogP contribution is 2.26. The summed E-state index contributed by atoms with van der Waals surface area (Å²) in [6.45, 7) is 4.14. The van der Waals surface area contributed by atoms with E-state index in [9.17, 15) is 14.9 Å². The molecule has 0 aliphatic carbocycles. The van der Waals surface area contributed by atoms with Gasteiger partial charge in [-0.3, -0.25) is 14.9 Å². The number of benzene rings is 1. The maximum Gasteiger partial charge on any atom is 0.293 e. The highest BCUT2D eigenvalue weighted by molar-refractivity contribution is 5.95. The Balaban J connectivity index is 3.04. The van der Waals surface area contributed by atoms with E-state index >= 15 is 0 Å². The fraction of sp³-hybridized carbons (Fsp3) is 0.308. The lowest BCUT2D eigenvalue weighted by molar-refractivity contribution is -0.384. The first kappa shape index (κ1) is 14.7. The maximum absolute atomic E-state index is 11.8. The summed E-state index contributed by atoms with van der Waals surface area (Å²) in [6.07, 6.45) is 2.43. The van der Waals surface area contributed by atoms with Gasteiger partial charge < -0.3 is 10.2 Å². The van der Waals surface area contributed by atoms with Crippen molar-refractivity contribution in [3.8, 4) is 0 Å². The summed E-state index contributed by atoms with van der Waals surface area (Å²) >= 11 is 0. The number of hydrogen-bond acceptors (Lipinski definition) is 4. The van der Waals surface area contributed by atoms with Crippen molar-refractivity contribution in [2.24, 2.45) is 0 Å². The molecule has 102 valence electrons. The molecule has 0 fully saturated rings. The lowest BCUT2D eigenvalue weighted by Crippen LogP contribution is -2.21. The third-order valence-corrected chi connectivity index (χ3v) is 2.51. The number of amides is 1. The largest absolute Gasteiger partial charge is 0.379 e. The lowest BCUT2D eigenvalue weighted by Gasteiger charge is -2.11. The Kier molecular flexibility index (Phi) is 5.05.